The molecule has 0 aliphatic carbocycles. The zero-order chi connectivity index (χ0) is 36.2. The Hall–Kier alpha value is -3.44. The van der Waals surface area contributed by atoms with E-state index in [1.807, 2.05) is 0 Å². The Kier molecular flexibility index (Phi) is 26.5. The fourth-order valence-corrected chi connectivity index (χ4v) is 4.70. The van der Waals surface area contributed by atoms with Gasteiger partial charge in [-0.1, -0.05) is 13.8 Å². The zero-order valence-electron chi connectivity index (χ0n) is 29.4. The molecule has 0 fully saturated rings. The number of nitrogens with one attached hydrogen (secondary N) is 9. The molecule has 11 N–H and O–H groups in total. The molecule has 0 aromatic rings. The number of carbonyl (C=O) groups excluding carboxylic acids is 6. The third-order valence-electron chi connectivity index (χ3n) is 7.30. The number of carbonyl (C=O) groups is 6. The van der Waals surface area contributed by atoms with Gasteiger partial charge in [0.05, 0.1) is 0 Å². The highest BCUT2D eigenvalue weighted by Gasteiger charge is 2.31. The number of amides is 7. The van der Waals surface area contributed by atoms with Crippen LogP contribution in [-0.4, -0.2) is 114 Å². The van der Waals surface area contributed by atoms with E-state index < -0.39 is 36.0 Å². The third-order valence-corrected chi connectivity index (χ3v) is 7.30. The number of urea groups is 1. The van der Waals surface area contributed by atoms with Gasteiger partial charge in [0.15, 0.2) is 7.98 Å². The van der Waals surface area contributed by atoms with Crippen molar-refractivity contribution in [2.75, 3.05) is 52.4 Å². The van der Waals surface area contributed by atoms with Crippen LogP contribution in [0.5, 0.6) is 0 Å². The van der Waals surface area contributed by atoms with Gasteiger partial charge in [-0.2, -0.15) is 0 Å². The van der Waals surface area contributed by atoms with E-state index in [2.05, 4.69) is 47.8 Å². The number of unbranched alkanes of at least 4 members (excludes halogenated alkanes) is 2. The molecule has 0 saturated carbocycles. The van der Waals surface area contributed by atoms with Crippen LogP contribution >= 0.6 is 0 Å². The van der Waals surface area contributed by atoms with Gasteiger partial charge in [-0.25, -0.2) is 4.79 Å². The van der Waals surface area contributed by atoms with Crippen LogP contribution in [0.1, 0.15) is 85.5 Å². The van der Waals surface area contributed by atoms with Crippen LogP contribution in [0.15, 0.2) is 0 Å². The van der Waals surface area contributed by atoms with Crippen LogP contribution < -0.4 is 53.5 Å². The monoisotopic (exact) mass is 680 g/mol. The van der Waals surface area contributed by atoms with Crippen molar-refractivity contribution < 1.29 is 28.8 Å². The molecule has 2 radical (unpaired) electrons. The summed E-state index contributed by atoms with van der Waals surface area (Å²) in [7, 11) is 5.31. The summed E-state index contributed by atoms with van der Waals surface area (Å²) in [5.74, 6) is -2.09. The highest BCUT2D eigenvalue weighted by Crippen LogP contribution is 2.08. The lowest BCUT2D eigenvalue weighted by Gasteiger charge is -2.27. The molecule has 0 spiro atoms. The van der Waals surface area contributed by atoms with E-state index in [0.717, 1.165) is 38.9 Å². The smallest absolute Gasteiger partial charge is 0.312 e. The lowest BCUT2D eigenvalue weighted by atomic mass is 10.0. The molecule has 17 heteroatoms. The van der Waals surface area contributed by atoms with E-state index in [0.29, 0.717) is 58.3 Å². The summed E-state index contributed by atoms with van der Waals surface area (Å²) in [4.78, 5) is 73.3. The van der Waals surface area contributed by atoms with Gasteiger partial charge in [0.1, 0.15) is 18.1 Å². The van der Waals surface area contributed by atoms with Crippen molar-refractivity contribution in [2.45, 2.75) is 104 Å². The largest absolute Gasteiger partial charge is 0.366 e. The van der Waals surface area contributed by atoms with Crippen molar-refractivity contribution in [3.05, 3.63) is 0 Å². The Morgan fingerprint density at radius 2 is 1.06 bits per heavy atom. The molecule has 1 unspecified atom stereocenters. The Balaban J connectivity index is 4.88. The zero-order valence-corrected chi connectivity index (χ0v) is 29.4. The molecule has 3 atom stereocenters. The summed E-state index contributed by atoms with van der Waals surface area (Å²) >= 11 is 0. The maximum atomic E-state index is 13.4. The van der Waals surface area contributed by atoms with Crippen LogP contribution in [0.4, 0.5) is 4.79 Å². The number of nitrogens with two attached hydrogens (primary N) is 1. The van der Waals surface area contributed by atoms with E-state index >= 15 is 0 Å². The second-order valence-electron chi connectivity index (χ2n) is 12.1. The molecule has 0 aromatic carbocycles. The normalized spacial score (nSPS) is 12.8. The van der Waals surface area contributed by atoms with Crippen LogP contribution in [0.2, 0.25) is 0 Å². The summed E-state index contributed by atoms with van der Waals surface area (Å²) in [5, 5.41) is 25.5. The highest BCUT2D eigenvalue weighted by molar-refractivity contribution is 6.04. The molecule has 0 rings (SSSR count). The summed E-state index contributed by atoms with van der Waals surface area (Å²) in [6, 6.07) is -3.37. The molecule has 0 bridgehead atoms. The van der Waals surface area contributed by atoms with Gasteiger partial charge < -0.3 is 53.5 Å². The second-order valence-corrected chi connectivity index (χ2v) is 12.1. The first kappa shape index (κ1) is 44.6. The Bertz CT molecular complexity index is 959. The molecular formula is C31H61BN10O6. The van der Waals surface area contributed by atoms with E-state index in [-0.39, 0.29) is 36.6 Å². The Labute approximate surface area is 287 Å². The van der Waals surface area contributed by atoms with Crippen LogP contribution in [-0.2, 0) is 24.0 Å². The highest BCUT2D eigenvalue weighted by atomic mass is 16.2. The molecule has 0 aromatic heterocycles. The molecule has 274 valence electrons. The van der Waals surface area contributed by atoms with E-state index in [9.17, 15) is 28.8 Å². The molecular weight excluding hydrogens is 619 g/mol. The minimum Gasteiger partial charge on any atom is -0.366 e. The van der Waals surface area contributed by atoms with Crippen molar-refractivity contribution >= 4 is 43.5 Å². The fourth-order valence-electron chi connectivity index (χ4n) is 4.70. The topological polar surface area (TPSA) is 237 Å². The second kappa shape index (κ2) is 28.6. The summed E-state index contributed by atoms with van der Waals surface area (Å²) in [6.45, 7) is 11.6. The minimum absolute atomic E-state index is 0.0157. The number of hydrogen-bond donors (Lipinski definition) is 10. The van der Waals surface area contributed by atoms with Gasteiger partial charge in [0.2, 0.25) is 29.5 Å². The Morgan fingerprint density at radius 3 is 1.60 bits per heavy atom. The maximum Gasteiger partial charge on any atom is 0.312 e. The summed E-state index contributed by atoms with van der Waals surface area (Å²) in [6.07, 6.45) is 5.92. The number of rotatable bonds is 29. The van der Waals surface area contributed by atoms with Gasteiger partial charge in [0, 0.05) is 33.5 Å². The van der Waals surface area contributed by atoms with Gasteiger partial charge >= 0.3 is 6.03 Å². The van der Waals surface area contributed by atoms with Crippen molar-refractivity contribution in [1.29, 1.82) is 0 Å². The van der Waals surface area contributed by atoms with Crippen LogP contribution in [0, 0.1) is 5.92 Å². The van der Waals surface area contributed by atoms with Crippen LogP contribution in [0.25, 0.3) is 0 Å². The SMILES string of the molecule is [B]NCCCC[C@H](NC(C)=O)C(=O)NC(C(=O)N[C@@H](CCCNC(N)=O)C(=O)NCCCNCCCCNCCCNC(C)=O)C(C)C. The molecule has 0 heterocycles. The van der Waals surface area contributed by atoms with Crippen molar-refractivity contribution in [3.8, 4) is 0 Å². The van der Waals surface area contributed by atoms with E-state index in [1.54, 1.807) is 13.8 Å². The van der Waals surface area contributed by atoms with Gasteiger partial charge in [-0.3, -0.25) is 24.0 Å². The van der Waals surface area contributed by atoms with E-state index in [4.69, 9.17) is 13.7 Å². The van der Waals surface area contributed by atoms with Gasteiger partial charge in [-0.15, -0.1) is 0 Å². The predicted octanol–water partition coefficient (Wildman–Crippen LogP) is -1.60. The van der Waals surface area contributed by atoms with Crippen molar-refractivity contribution in [3.63, 3.8) is 0 Å². The quantitative estimate of drug-likeness (QED) is 0.0323. The molecule has 0 aliphatic heterocycles. The predicted molar refractivity (Wildman–Crippen MR) is 187 cm³/mol. The van der Waals surface area contributed by atoms with Crippen molar-refractivity contribution in [2.24, 2.45) is 11.7 Å². The summed E-state index contributed by atoms with van der Waals surface area (Å²) < 4.78 is 0. The van der Waals surface area contributed by atoms with Gasteiger partial charge in [-0.05, 0) is 96.4 Å². The fraction of sp³-hybridized carbons (Fsp3) is 0.806. The van der Waals surface area contributed by atoms with Gasteiger partial charge in [0.25, 0.3) is 0 Å². The first-order chi connectivity index (χ1) is 22.9. The molecule has 0 saturated heterocycles. The lowest BCUT2D eigenvalue weighted by Crippen LogP contribution is -2.58. The minimum atomic E-state index is -0.957. The molecule has 16 nitrogen and oxygen atoms in total. The molecule has 0 aliphatic rings. The Morgan fingerprint density at radius 1 is 0.542 bits per heavy atom. The third kappa shape index (κ3) is 24.7. The lowest BCUT2D eigenvalue weighted by molar-refractivity contribution is -0.134. The van der Waals surface area contributed by atoms with Crippen LogP contribution in [0.3, 0.4) is 0 Å². The standard InChI is InChI=1S/C31H61BN10O6/c1-22(2)27(42-29(46)26(40-24(4)44)12-5-6-21-39-32)30(47)41-25(13-9-18-38-31(33)48)28(45)37-20-11-17-35-15-8-7-14-34-16-10-19-36-23(3)43/h22,25-27,34-35,39H,5-21H2,1-4H3,(H,36,43)(H,37,45)(H,40,44)(H,41,47)(H,42,46)(H3,33,38,48)/t25-,26-,27?/m0/s1. The van der Waals surface area contributed by atoms with Crippen molar-refractivity contribution in [1.82, 2.24) is 47.8 Å². The molecule has 7 amide bonds. The average Bonchev–Trinajstić information content (AvgIpc) is 3.01. The summed E-state index contributed by atoms with van der Waals surface area (Å²) in [5.41, 5.74) is 5.14. The molecule has 48 heavy (non-hydrogen) atoms. The van der Waals surface area contributed by atoms with E-state index in [1.165, 1.54) is 13.8 Å². The number of primary amides is 1. The first-order valence-corrected chi connectivity index (χ1v) is 17.2. The maximum absolute atomic E-state index is 13.4. The average molecular weight is 681 g/mol. The first-order valence-electron chi connectivity index (χ1n) is 17.2. The number of hydrogen-bond acceptors (Lipinski definition) is 9.